The van der Waals surface area contributed by atoms with Gasteiger partial charge < -0.3 is 19.3 Å². The third kappa shape index (κ3) is 4.18. The monoisotopic (exact) mass is 408 g/mol. The van der Waals surface area contributed by atoms with Crippen LogP contribution >= 0.6 is 23.2 Å². The van der Waals surface area contributed by atoms with Crippen molar-refractivity contribution in [2.24, 2.45) is 0 Å². The Morgan fingerprint density at radius 2 is 2.04 bits per heavy atom. The van der Waals surface area contributed by atoms with Gasteiger partial charge in [0, 0.05) is 10.6 Å². The Bertz CT molecular complexity index is 951. The summed E-state index contributed by atoms with van der Waals surface area (Å²) in [5, 5.41) is 9.34. The molecule has 0 spiro atoms. The highest BCUT2D eigenvalue weighted by molar-refractivity contribution is 6.37. The number of hydrogen-bond acceptors (Lipinski definition) is 5. The van der Waals surface area contributed by atoms with Crippen molar-refractivity contribution in [1.29, 1.82) is 0 Å². The standard InChI is InChI=1S/C19H14Cl2O6/c1-25-16-5-10(2-3-15(16)26-9-17(22)23)4-11-8-27-19-13(18(11)24)6-12(20)7-14(19)21/h2-7H,8-9H2,1H3,(H,22,23). The van der Waals surface area contributed by atoms with Gasteiger partial charge >= 0.3 is 5.97 Å². The highest BCUT2D eigenvalue weighted by atomic mass is 35.5. The highest BCUT2D eigenvalue weighted by Gasteiger charge is 2.26. The second kappa shape index (κ2) is 7.90. The quantitative estimate of drug-likeness (QED) is 0.749. The minimum absolute atomic E-state index is 0.0623. The Hall–Kier alpha value is -2.70. The van der Waals surface area contributed by atoms with Crippen LogP contribution in [0.2, 0.25) is 10.0 Å². The van der Waals surface area contributed by atoms with Crippen molar-refractivity contribution in [3.05, 3.63) is 57.1 Å². The van der Waals surface area contributed by atoms with E-state index in [9.17, 15) is 9.59 Å². The molecule has 0 aliphatic carbocycles. The van der Waals surface area contributed by atoms with Crippen LogP contribution in [0.15, 0.2) is 35.9 Å². The number of carbonyl (C=O) groups excluding carboxylic acids is 1. The molecule has 0 unspecified atom stereocenters. The molecule has 0 aromatic heterocycles. The van der Waals surface area contributed by atoms with Gasteiger partial charge in [-0.05, 0) is 35.9 Å². The summed E-state index contributed by atoms with van der Waals surface area (Å²) < 4.78 is 16.0. The molecule has 8 heteroatoms. The zero-order valence-corrected chi connectivity index (χ0v) is 15.6. The number of carboxylic acids is 1. The van der Waals surface area contributed by atoms with Gasteiger partial charge in [-0.15, -0.1) is 0 Å². The number of hydrogen-bond donors (Lipinski definition) is 1. The van der Waals surface area contributed by atoms with Crippen LogP contribution in [0.5, 0.6) is 17.2 Å². The molecular formula is C19H14Cl2O6. The van der Waals surface area contributed by atoms with Crippen LogP contribution in [0.1, 0.15) is 15.9 Å². The van der Waals surface area contributed by atoms with Crippen LogP contribution in [-0.2, 0) is 4.79 Å². The zero-order chi connectivity index (χ0) is 19.6. The summed E-state index contributed by atoms with van der Waals surface area (Å²) in [6.07, 6.45) is 1.66. The molecule has 0 saturated heterocycles. The van der Waals surface area contributed by atoms with Gasteiger partial charge in [0.25, 0.3) is 0 Å². The van der Waals surface area contributed by atoms with Gasteiger partial charge in [-0.3, -0.25) is 4.79 Å². The summed E-state index contributed by atoms with van der Waals surface area (Å²) in [6, 6.07) is 7.93. The Morgan fingerprint density at radius 3 is 2.74 bits per heavy atom. The summed E-state index contributed by atoms with van der Waals surface area (Å²) >= 11 is 12.1. The number of Topliss-reactive ketones (excluding diaryl/α,β-unsaturated/α-hetero) is 1. The lowest BCUT2D eigenvalue weighted by molar-refractivity contribution is -0.139. The smallest absolute Gasteiger partial charge is 0.341 e. The van der Waals surface area contributed by atoms with E-state index < -0.39 is 12.6 Å². The first-order valence-corrected chi connectivity index (χ1v) is 8.54. The number of rotatable bonds is 5. The third-order valence-electron chi connectivity index (χ3n) is 3.80. The topological polar surface area (TPSA) is 82.1 Å². The Morgan fingerprint density at radius 1 is 1.26 bits per heavy atom. The normalized spacial score (nSPS) is 14.5. The molecule has 1 heterocycles. The molecule has 0 saturated carbocycles. The predicted octanol–water partition coefficient (Wildman–Crippen LogP) is 4.12. The van der Waals surface area contributed by atoms with E-state index in [-0.39, 0.29) is 23.2 Å². The zero-order valence-electron chi connectivity index (χ0n) is 14.1. The van der Waals surface area contributed by atoms with Gasteiger partial charge in [0.05, 0.1) is 17.7 Å². The minimum atomic E-state index is -1.09. The molecule has 6 nitrogen and oxygen atoms in total. The number of fused-ring (bicyclic) bond motifs is 1. The first kappa shape index (κ1) is 19.1. The van der Waals surface area contributed by atoms with Gasteiger partial charge in [-0.25, -0.2) is 4.79 Å². The number of ether oxygens (including phenoxy) is 3. The number of carboxylic acid groups (broad SMARTS) is 1. The number of methoxy groups -OCH3 is 1. The van der Waals surface area contributed by atoms with Crippen molar-refractivity contribution in [2.45, 2.75) is 0 Å². The van der Waals surface area contributed by atoms with E-state index in [1.54, 1.807) is 24.3 Å². The van der Waals surface area contributed by atoms with Gasteiger partial charge in [-0.1, -0.05) is 29.3 Å². The molecule has 0 fully saturated rings. The van der Waals surface area contributed by atoms with Gasteiger partial charge in [-0.2, -0.15) is 0 Å². The number of ketones is 1. The van der Waals surface area contributed by atoms with Crippen molar-refractivity contribution < 1.29 is 28.9 Å². The van der Waals surface area contributed by atoms with Crippen LogP contribution < -0.4 is 14.2 Å². The summed E-state index contributed by atoms with van der Waals surface area (Å²) in [5.41, 5.74) is 1.39. The van der Waals surface area contributed by atoms with Crippen LogP contribution in [0.3, 0.4) is 0 Å². The van der Waals surface area contributed by atoms with Crippen LogP contribution in [-0.4, -0.2) is 37.2 Å². The van der Waals surface area contributed by atoms with E-state index in [1.165, 1.54) is 19.2 Å². The molecule has 3 rings (SSSR count). The predicted molar refractivity (Wildman–Crippen MR) is 100 cm³/mol. The molecule has 0 bridgehead atoms. The average molecular weight is 409 g/mol. The lowest BCUT2D eigenvalue weighted by Gasteiger charge is -2.20. The molecule has 1 aliphatic rings. The van der Waals surface area contributed by atoms with Crippen molar-refractivity contribution in [2.75, 3.05) is 20.3 Å². The highest BCUT2D eigenvalue weighted by Crippen LogP contribution is 2.37. The first-order valence-electron chi connectivity index (χ1n) is 7.78. The van der Waals surface area contributed by atoms with Crippen molar-refractivity contribution >= 4 is 41.0 Å². The molecule has 2 aromatic rings. The van der Waals surface area contributed by atoms with E-state index >= 15 is 0 Å². The molecule has 140 valence electrons. The van der Waals surface area contributed by atoms with E-state index in [4.69, 9.17) is 42.5 Å². The fraction of sp³-hybridized carbons (Fsp3) is 0.158. The maximum atomic E-state index is 12.7. The number of carbonyl (C=O) groups is 2. The molecule has 27 heavy (non-hydrogen) atoms. The van der Waals surface area contributed by atoms with Crippen LogP contribution in [0, 0.1) is 0 Å². The lowest BCUT2D eigenvalue weighted by Crippen LogP contribution is -2.19. The fourth-order valence-electron chi connectivity index (χ4n) is 2.61. The van der Waals surface area contributed by atoms with E-state index in [0.29, 0.717) is 33.2 Å². The number of benzene rings is 2. The molecular weight excluding hydrogens is 395 g/mol. The first-order chi connectivity index (χ1) is 12.9. The molecule has 2 aromatic carbocycles. The Balaban J connectivity index is 1.90. The summed E-state index contributed by atoms with van der Waals surface area (Å²) in [7, 11) is 1.44. The molecule has 0 radical (unpaired) electrons. The van der Waals surface area contributed by atoms with Gasteiger partial charge in [0.2, 0.25) is 0 Å². The summed E-state index contributed by atoms with van der Waals surface area (Å²) in [6.45, 7) is -0.422. The maximum absolute atomic E-state index is 12.7. The van der Waals surface area contributed by atoms with E-state index in [0.717, 1.165) is 0 Å². The number of halogens is 2. The van der Waals surface area contributed by atoms with E-state index in [2.05, 4.69) is 0 Å². The Labute approximate surface area is 164 Å². The largest absolute Gasteiger partial charge is 0.493 e. The SMILES string of the molecule is COc1cc(C=C2COc3c(Cl)cc(Cl)cc3C2=O)ccc1OCC(=O)O. The molecule has 0 atom stereocenters. The number of aliphatic carboxylic acids is 1. The van der Waals surface area contributed by atoms with Crippen molar-refractivity contribution in [3.63, 3.8) is 0 Å². The van der Waals surface area contributed by atoms with Crippen molar-refractivity contribution in [3.8, 4) is 17.2 Å². The molecule has 1 N–H and O–H groups in total. The maximum Gasteiger partial charge on any atom is 0.341 e. The Kier molecular flexibility index (Phi) is 5.58. The average Bonchev–Trinajstić information content (AvgIpc) is 2.63. The second-order valence-electron chi connectivity index (χ2n) is 5.64. The van der Waals surface area contributed by atoms with Crippen molar-refractivity contribution in [1.82, 2.24) is 0 Å². The van der Waals surface area contributed by atoms with Crippen LogP contribution in [0.25, 0.3) is 6.08 Å². The van der Waals surface area contributed by atoms with Crippen LogP contribution in [0.4, 0.5) is 0 Å². The summed E-state index contributed by atoms with van der Waals surface area (Å²) in [5.74, 6) is -0.369. The van der Waals surface area contributed by atoms with E-state index in [1.807, 2.05) is 0 Å². The third-order valence-corrected chi connectivity index (χ3v) is 4.30. The second-order valence-corrected chi connectivity index (χ2v) is 6.49. The fourth-order valence-corrected chi connectivity index (χ4v) is 3.15. The molecule has 1 aliphatic heterocycles. The summed E-state index contributed by atoms with van der Waals surface area (Å²) in [4.78, 5) is 23.4. The molecule has 0 amide bonds. The van der Waals surface area contributed by atoms with Gasteiger partial charge in [0.1, 0.15) is 12.4 Å². The lowest BCUT2D eigenvalue weighted by atomic mass is 9.98. The minimum Gasteiger partial charge on any atom is -0.493 e. The van der Waals surface area contributed by atoms with Gasteiger partial charge in [0.15, 0.2) is 23.9 Å².